The summed E-state index contributed by atoms with van der Waals surface area (Å²) in [4.78, 5) is 15.6. The maximum Gasteiger partial charge on any atom is 0.137 e. The number of hydrogen-bond acceptors (Lipinski definition) is 5. The first-order valence-electron chi connectivity index (χ1n) is 7.37. The highest BCUT2D eigenvalue weighted by Crippen LogP contribution is 2.24. The molecule has 5 nitrogen and oxygen atoms in total. The molecule has 0 bridgehead atoms. The minimum atomic E-state index is 0.778. The van der Waals surface area contributed by atoms with E-state index in [-0.39, 0.29) is 0 Å². The van der Waals surface area contributed by atoms with E-state index in [4.69, 9.17) is 0 Å². The van der Waals surface area contributed by atoms with E-state index in [0.717, 1.165) is 42.5 Å². The van der Waals surface area contributed by atoms with Gasteiger partial charge >= 0.3 is 0 Å². The molecule has 0 aliphatic heterocycles. The Labute approximate surface area is 126 Å². The first-order chi connectivity index (χ1) is 10.2. The molecular weight excluding hydrogens is 262 g/mol. The van der Waals surface area contributed by atoms with Gasteiger partial charge in [-0.25, -0.2) is 9.97 Å². The molecule has 21 heavy (non-hydrogen) atoms. The van der Waals surface area contributed by atoms with Crippen molar-refractivity contribution in [2.24, 2.45) is 0 Å². The molecule has 0 saturated heterocycles. The largest absolute Gasteiger partial charge is 0.370 e. The monoisotopic (exact) mass is 285 g/mol. The summed E-state index contributed by atoms with van der Waals surface area (Å²) in [6, 6.07) is 4.03. The van der Waals surface area contributed by atoms with Gasteiger partial charge < -0.3 is 10.2 Å². The van der Waals surface area contributed by atoms with E-state index < -0.39 is 0 Å². The summed E-state index contributed by atoms with van der Waals surface area (Å²) in [5.74, 6) is 2.77. The third kappa shape index (κ3) is 3.68. The second kappa shape index (κ2) is 7.02. The standard InChI is InChI=1S/C16H23N5/c1-5-14-19-15(18-6-2)12(3)16(20-14)21(4)11-13-8-7-9-17-10-13/h7-10H,5-6,11H2,1-4H3,(H,18,19,20). The molecule has 2 rings (SSSR count). The molecule has 5 heteroatoms. The molecule has 2 aromatic heterocycles. The second-order valence-corrected chi connectivity index (χ2v) is 5.04. The van der Waals surface area contributed by atoms with Gasteiger partial charge in [0.1, 0.15) is 17.5 Å². The Balaban J connectivity index is 2.30. The van der Waals surface area contributed by atoms with Gasteiger partial charge in [0, 0.05) is 44.5 Å². The number of nitrogens with one attached hydrogen (secondary N) is 1. The molecule has 0 atom stereocenters. The highest BCUT2D eigenvalue weighted by atomic mass is 15.2. The Morgan fingerprint density at radius 3 is 2.67 bits per heavy atom. The Bertz CT molecular complexity index is 583. The van der Waals surface area contributed by atoms with Crippen LogP contribution in [0.4, 0.5) is 11.6 Å². The molecule has 0 aromatic carbocycles. The van der Waals surface area contributed by atoms with Crippen LogP contribution >= 0.6 is 0 Å². The van der Waals surface area contributed by atoms with Gasteiger partial charge in [-0.1, -0.05) is 13.0 Å². The molecule has 0 amide bonds. The second-order valence-electron chi connectivity index (χ2n) is 5.04. The molecule has 112 valence electrons. The van der Waals surface area contributed by atoms with Crippen LogP contribution in [0.15, 0.2) is 24.5 Å². The minimum absolute atomic E-state index is 0.778. The number of pyridine rings is 1. The predicted molar refractivity (Wildman–Crippen MR) is 86.7 cm³/mol. The van der Waals surface area contributed by atoms with Crippen LogP contribution in [-0.4, -0.2) is 28.5 Å². The van der Waals surface area contributed by atoms with Crippen LogP contribution in [0.5, 0.6) is 0 Å². The van der Waals surface area contributed by atoms with Gasteiger partial charge in [-0.15, -0.1) is 0 Å². The molecule has 2 heterocycles. The van der Waals surface area contributed by atoms with Crippen molar-refractivity contribution >= 4 is 11.6 Å². The third-order valence-corrected chi connectivity index (χ3v) is 3.33. The Morgan fingerprint density at radius 2 is 2.05 bits per heavy atom. The fourth-order valence-electron chi connectivity index (χ4n) is 2.26. The van der Waals surface area contributed by atoms with Gasteiger partial charge in [-0.3, -0.25) is 4.98 Å². The summed E-state index contributed by atoms with van der Waals surface area (Å²) in [6.07, 6.45) is 4.50. The maximum atomic E-state index is 4.68. The minimum Gasteiger partial charge on any atom is -0.370 e. The van der Waals surface area contributed by atoms with Crippen molar-refractivity contribution in [1.82, 2.24) is 15.0 Å². The van der Waals surface area contributed by atoms with Crippen LogP contribution in [0.1, 0.15) is 30.8 Å². The lowest BCUT2D eigenvalue weighted by Crippen LogP contribution is -2.21. The first-order valence-corrected chi connectivity index (χ1v) is 7.37. The molecule has 2 aromatic rings. The van der Waals surface area contributed by atoms with Crippen molar-refractivity contribution < 1.29 is 0 Å². The van der Waals surface area contributed by atoms with E-state index in [2.05, 4.69) is 59.1 Å². The van der Waals surface area contributed by atoms with Crippen LogP contribution in [0, 0.1) is 6.92 Å². The van der Waals surface area contributed by atoms with Crippen molar-refractivity contribution in [2.45, 2.75) is 33.7 Å². The van der Waals surface area contributed by atoms with Crippen LogP contribution in [-0.2, 0) is 13.0 Å². The van der Waals surface area contributed by atoms with E-state index in [1.165, 1.54) is 5.56 Å². The van der Waals surface area contributed by atoms with E-state index in [1.54, 1.807) is 6.20 Å². The van der Waals surface area contributed by atoms with Gasteiger partial charge in [0.2, 0.25) is 0 Å². The van der Waals surface area contributed by atoms with Gasteiger partial charge in [-0.05, 0) is 25.5 Å². The van der Waals surface area contributed by atoms with E-state index in [0.29, 0.717) is 0 Å². The normalized spacial score (nSPS) is 10.5. The number of hydrogen-bond donors (Lipinski definition) is 1. The molecular formula is C16H23N5. The smallest absolute Gasteiger partial charge is 0.137 e. The fraction of sp³-hybridized carbons (Fsp3) is 0.438. The zero-order valence-electron chi connectivity index (χ0n) is 13.2. The average molecular weight is 285 g/mol. The van der Waals surface area contributed by atoms with E-state index >= 15 is 0 Å². The van der Waals surface area contributed by atoms with Gasteiger partial charge in [-0.2, -0.15) is 0 Å². The van der Waals surface area contributed by atoms with Crippen LogP contribution in [0.2, 0.25) is 0 Å². The SMILES string of the molecule is CCNc1nc(CC)nc(N(C)Cc2cccnc2)c1C. The highest BCUT2D eigenvalue weighted by Gasteiger charge is 2.13. The average Bonchev–Trinajstić information content (AvgIpc) is 2.50. The highest BCUT2D eigenvalue weighted by molar-refractivity contribution is 5.58. The zero-order chi connectivity index (χ0) is 15.2. The summed E-state index contributed by atoms with van der Waals surface area (Å²) >= 11 is 0. The Hall–Kier alpha value is -2.17. The Kier molecular flexibility index (Phi) is 5.09. The summed E-state index contributed by atoms with van der Waals surface area (Å²) in [6.45, 7) is 7.84. The molecule has 0 saturated carbocycles. The van der Waals surface area contributed by atoms with Gasteiger partial charge in [0.05, 0.1) is 0 Å². The molecule has 0 aliphatic rings. The molecule has 0 fully saturated rings. The summed E-state index contributed by atoms with van der Waals surface area (Å²) in [5.41, 5.74) is 2.25. The number of nitrogens with zero attached hydrogens (tertiary/aromatic N) is 4. The number of anilines is 2. The topological polar surface area (TPSA) is 53.9 Å². The van der Waals surface area contributed by atoms with E-state index in [9.17, 15) is 0 Å². The van der Waals surface area contributed by atoms with Crippen molar-refractivity contribution in [3.63, 3.8) is 0 Å². The first kappa shape index (κ1) is 15.2. The predicted octanol–water partition coefficient (Wildman–Crippen LogP) is 2.81. The number of rotatable bonds is 6. The lowest BCUT2D eigenvalue weighted by atomic mass is 10.2. The number of aromatic nitrogens is 3. The van der Waals surface area contributed by atoms with Crippen molar-refractivity contribution in [3.05, 3.63) is 41.5 Å². The fourth-order valence-corrected chi connectivity index (χ4v) is 2.26. The zero-order valence-corrected chi connectivity index (χ0v) is 13.2. The van der Waals surface area contributed by atoms with Gasteiger partial charge in [0.25, 0.3) is 0 Å². The maximum absolute atomic E-state index is 4.68. The molecule has 0 spiro atoms. The van der Waals surface area contributed by atoms with Crippen LogP contribution in [0.25, 0.3) is 0 Å². The lowest BCUT2D eigenvalue weighted by molar-refractivity contribution is 0.846. The van der Waals surface area contributed by atoms with Crippen LogP contribution in [0.3, 0.4) is 0 Å². The summed E-state index contributed by atoms with van der Waals surface area (Å²) < 4.78 is 0. The third-order valence-electron chi connectivity index (χ3n) is 3.33. The molecule has 1 N–H and O–H groups in total. The quantitative estimate of drug-likeness (QED) is 0.884. The Morgan fingerprint density at radius 1 is 1.24 bits per heavy atom. The summed E-state index contributed by atoms with van der Waals surface area (Å²) in [5, 5.41) is 3.32. The van der Waals surface area contributed by atoms with E-state index in [1.807, 2.05) is 12.3 Å². The molecule has 0 aliphatic carbocycles. The lowest BCUT2D eigenvalue weighted by Gasteiger charge is -2.22. The number of aryl methyl sites for hydroxylation is 1. The summed E-state index contributed by atoms with van der Waals surface area (Å²) in [7, 11) is 2.05. The van der Waals surface area contributed by atoms with Crippen LogP contribution < -0.4 is 10.2 Å². The molecule has 0 radical (unpaired) electrons. The van der Waals surface area contributed by atoms with Crippen molar-refractivity contribution in [2.75, 3.05) is 23.8 Å². The van der Waals surface area contributed by atoms with Crippen molar-refractivity contribution in [1.29, 1.82) is 0 Å². The van der Waals surface area contributed by atoms with Crippen molar-refractivity contribution in [3.8, 4) is 0 Å². The van der Waals surface area contributed by atoms with Gasteiger partial charge in [0.15, 0.2) is 0 Å². The molecule has 0 unspecified atom stereocenters.